The molecule has 1 aliphatic heterocycles. The highest BCUT2D eigenvalue weighted by Crippen LogP contribution is 2.18. The number of hydrogen-bond donors (Lipinski definition) is 2. The lowest BCUT2D eigenvalue weighted by atomic mass is 10.0. The molecule has 4 nitrogen and oxygen atoms in total. The zero-order chi connectivity index (χ0) is 14.5. The van der Waals surface area contributed by atoms with Crippen LogP contribution < -0.4 is 11.1 Å². The maximum absolute atomic E-state index is 12.2. The Balaban J connectivity index is 1.87. The Morgan fingerprint density at radius 2 is 2.15 bits per heavy atom. The molecule has 0 radical (unpaired) electrons. The van der Waals surface area contributed by atoms with Crippen molar-refractivity contribution in [1.29, 1.82) is 0 Å². The van der Waals surface area contributed by atoms with Gasteiger partial charge in [-0.25, -0.2) is 0 Å². The summed E-state index contributed by atoms with van der Waals surface area (Å²) in [5.41, 5.74) is 9.17. The first-order valence-corrected chi connectivity index (χ1v) is 7.34. The highest BCUT2D eigenvalue weighted by Gasteiger charge is 2.15. The molecule has 1 unspecified atom stereocenters. The smallest absolute Gasteiger partial charge is 0.251 e. The minimum absolute atomic E-state index is 0.0509. The maximum atomic E-state index is 12.2. The molecule has 1 fully saturated rings. The van der Waals surface area contributed by atoms with Gasteiger partial charge in [0.15, 0.2) is 0 Å². The second-order valence-electron chi connectivity index (χ2n) is 5.56. The van der Waals surface area contributed by atoms with Gasteiger partial charge in [0, 0.05) is 24.4 Å². The van der Waals surface area contributed by atoms with Crippen molar-refractivity contribution in [2.45, 2.75) is 45.6 Å². The standard InChI is InChI=1S/C16H24N2O2/c1-11-9-12(2)15(17)10-14(11)16(19)18-7-6-13-5-3-4-8-20-13/h9-10,13H,3-8,17H2,1-2H3,(H,18,19). The number of rotatable bonds is 4. The summed E-state index contributed by atoms with van der Waals surface area (Å²) < 4.78 is 5.65. The number of benzene rings is 1. The summed E-state index contributed by atoms with van der Waals surface area (Å²) in [6, 6.07) is 3.71. The zero-order valence-electron chi connectivity index (χ0n) is 12.4. The summed E-state index contributed by atoms with van der Waals surface area (Å²) in [7, 11) is 0. The van der Waals surface area contributed by atoms with Gasteiger partial charge in [-0.05, 0) is 56.7 Å². The van der Waals surface area contributed by atoms with Gasteiger partial charge in [-0.3, -0.25) is 4.79 Å². The van der Waals surface area contributed by atoms with Gasteiger partial charge in [0.2, 0.25) is 0 Å². The van der Waals surface area contributed by atoms with Crippen molar-refractivity contribution in [3.8, 4) is 0 Å². The Labute approximate surface area is 120 Å². The number of nitrogens with two attached hydrogens (primary N) is 1. The van der Waals surface area contributed by atoms with E-state index in [1.54, 1.807) is 6.07 Å². The van der Waals surface area contributed by atoms with E-state index < -0.39 is 0 Å². The summed E-state index contributed by atoms with van der Waals surface area (Å²) in [5, 5.41) is 2.96. The van der Waals surface area contributed by atoms with Crippen LogP contribution in [0.5, 0.6) is 0 Å². The summed E-state index contributed by atoms with van der Waals surface area (Å²) in [4.78, 5) is 12.2. The molecule has 2 rings (SSSR count). The van der Waals surface area contributed by atoms with Gasteiger partial charge >= 0.3 is 0 Å². The zero-order valence-corrected chi connectivity index (χ0v) is 12.4. The second kappa shape index (κ2) is 6.75. The lowest BCUT2D eigenvalue weighted by molar-refractivity contribution is 0.0117. The normalized spacial score (nSPS) is 18.8. The van der Waals surface area contributed by atoms with E-state index in [-0.39, 0.29) is 5.91 Å². The van der Waals surface area contributed by atoms with Gasteiger partial charge in [0.05, 0.1) is 6.10 Å². The average Bonchev–Trinajstić information content (AvgIpc) is 2.44. The lowest BCUT2D eigenvalue weighted by Gasteiger charge is -2.22. The number of carbonyl (C=O) groups excluding carboxylic acids is 1. The van der Waals surface area contributed by atoms with Crippen LogP contribution in [0.25, 0.3) is 0 Å². The number of hydrogen-bond acceptors (Lipinski definition) is 3. The van der Waals surface area contributed by atoms with Crippen LogP contribution in [0.1, 0.15) is 47.2 Å². The molecule has 20 heavy (non-hydrogen) atoms. The molecule has 1 atom stereocenters. The molecular weight excluding hydrogens is 252 g/mol. The van der Waals surface area contributed by atoms with E-state index in [4.69, 9.17) is 10.5 Å². The Morgan fingerprint density at radius 3 is 2.85 bits per heavy atom. The SMILES string of the molecule is Cc1cc(C)c(C(=O)NCCC2CCCCO2)cc1N. The Hall–Kier alpha value is -1.55. The Morgan fingerprint density at radius 1 is 1.35 bits per heavy atom. The summed E-state index contributed by atoms with van der Waals surface area (Å²) >= 11 is 0. The number of nitrogen functional groups attached to an aromatic ring is 1. The maximum Gasteiger partial charge on any atom is 0.251 e. The monoisotopic (exact) mass is 276 g/mol. The van der Waals surface area contributed by atoms with Gasteiger partial charge in [0.1, 0.15) is 0 Å². The lowest BCUT2D eigenvalue weighted by Crippen LogP contribution is -2.29. The van der Waals surface area contributed by atoms with Gasteiger partial charge in [-0.2, -0.15) is 0 Å². The van der Waals surface area contributed by atoms with E-state index in [1.165, 1.54) is 6.42 Å². The van der Waals surface area contributed by atoms with Crippen molar-refractivity contribution < 1.29 is 9.53 Å². The van der Waals surface area contributed by atoms with E-state index >= 15 is 0 Å². The number of anilines is 1. The molecular formula is C16H24N2O2. The van der Waals surface area contributed by atoms with E-state index in [1.807, 2.05) is 19.9 Å². The molecule has 0 saturated carbocycles. The van der Waals surface area contributed by atoms with Gasteiger partial charge < -0.3 is 15.8 Å². The third-order valence-electron chi connectivity index (χ3n) is 3.88. The minimum Gasteiger partial charge on any atom is -0.398 e. The van der Waals surface area contributed by atoms with Crippen molar-refractivity contribution in [2.75, 3.05) is 18.9 Å². The van der Waals surface area contributed by atoms with Gasteiger partial charge in [0.25, 0.3) is 5.91 Å². The van der Waals surface area contributed by atoms with Crippen LogP contribution in [-0.2, 0) is 4.74 Å². The fraction of sp³-hybridized carbons (Fsp3) is 0.562. The third kappa shape index (κ3) is 3.73. The topological polar surface area (TPSA) is 64.3 Å². The first-order valence-electron chi connectivity index (χ1n) is 7.34. The highest BCUT2D eigenvalue weighted by atomic mass is 16.5. The molecule has 1 amide bonds. The molecule has 110 valence electrons. The molecule has 0 spiro atoms. The van der Waals surface area contributed by atoms with Crippen LogP contribution >= 0.6 is 0 Å². The van der Waals surface area contributed by atoms with Crippen molar-refractivity contribution >= 4 is 11.6 Å². The quantitative estimate of drug-likeness (QED) is 0.831. The van der Waals surface area contributed by atoms with Crippen LogP contribution in [0.2, 0.25) is 0 Å². The number of amides is 1. The van der Waals surface area contributed by atoms with E-state index in [9.17, 15) is 4.79 Å². The summed E-state index contributed by atoms with van der Waals surface area (Å²) in [6.07, 6.45) is 4.67. The molecule has 3 N–H and O–H groups in total. The Kier molecular flexibility index (Phi) is 5.01. The molecule has 0 bridgehead atoms. The molecule has 4 heteroatoms. The fourth-order valence-corrected chi connectivity index (χ4v) is 2.59. The van der Waals surface area contributed by atoms with Gasteiger partial charge in [-0.1, -0.05) is 6.07 Å². The number of nitrogens with one attached hydrogen (secondary N) is 1. The second-order valence-corrected chi connectivity index (χ2v) is 5.56. The Bertz CT molecular complexity index is 480. The predicted molar refractivity (Wildman–Crippen MR) is 80.9 cm³/mol. The molecule has 1 aromatic rings. The van der Waals surface area contributed by atoms with E-state index in [0.29, 0.717) is 23.9 Å². The largest absolute Gasteiger partial charge is 0.398 e. The molecule has 1 aromatic carbocycles. The first kappa shape index (κ1) is 14.9. The van der Waals surface area contributed by atoms with Gasteiger partial charge in [-0.15, -0.1) is 0 Å². The van der Waals surface area contributed by atoms with Crippen LogP contribution in [0.15, 0.2) is 12.1 Å². The van der Waals surface area contributed by atoms with Crippen molar-refractivity contribution in [2.24, 2.45) is 0 Å². The minimum atomic E-state index is -0.0509. The molecule has 1 heterocycles. The molecule has 1 saturated heterocycles. The number of carbonyl (C=O) groups is 1. The third-order valence-corrected chi connectivity index (χ3v) is 3.88. The van der Waals surface area contributed by atoms with Crippen molar-refractivity contribution in [3.05, 3.63) is 28.8 Å². The molecule has 1 aliphatic rings. The van der Waals surface area contributed by atoms with Crippen LogP contribution in [0, 0.1) is 13.8 Å². The van der Waals surface area contributed by atoms with Crippen LogP contribution in [0.3, 0.4) is 0 Å². The summed E-state index contributed by atoms with van der Waals surface area (Å²) in [5.74, 6) is -0.0509. The number of ether oxygens (including phenoxy) is 1. The summed E-state index contributed by atoms with van der Waals surface area (Å²) in [6.45, 7) is 5.39. The molecule has 0 aromatic heterocycles. The van der Waals surface area contributed by atoms with Crippen LogP contribution in [0.4, 0.5) is 5.69 Å². The van der Waals surface area contributed by atoms with Crippen molar-refractivity contribution in [3.63, 3.8) is 0 Å². The average molecular weight is 276 g/mol. The van der Waals surface area contributed by atoms with Crippen molar-refractivity contribution in [1.82, 2.24) is 5.32 Å². The fourth-order valence-electron chi connectivity index (χ4n) is 2.59. The predicted octanol–water partition coefficient (Wildman–Crippen LogP) is 2.57. The first-order chi connectivity index (χ1) is 9.58. The number of aryl methyl sites for hydroxylation is 2. The molecule has 0 aliphatic carbocycles. The van der Waals surface area contributed by atoms with Crippen LogP contribution in [-0.4, -0.2) is 25.2 Å². The van der Waals surface area contributed by atoms with E-state index in [2.05, 4.69) is 5.32 Å². The highest BCUT2D eigenvalue weighted by molar-refractivity contribution is 5.96. The van der Waals surface area contributed by atoms with E-state index in [0.717, 1.165) is 37.0 Å².